The number of hydrogen-bond donors (Lipinski definition) is 1. The van der Waals surface area contributed by atoms with Crippen molar-refractivity contribution in [1.29, 1.82) is 0 Å². The molecule has 0 radical (unpaired) electrons. The molecule has 0 aromatic rings. The number of Topliss-reactive ketones (excluding diaryl/α,β-unsaturated/α-hetero) is 1. The molecule has 1 saturated heterocycles. The average molecular weight is 209 g/mol. The van der Waals surface area contributed by atoms with Crippen molar-refractivity contribution in [3.05, 3.63) is 0 Å². The van der Waals surface area contributed by atoms with Gasteiger partial charge >= 0.3 is 0 Å². The van der Waals surface area contributed by atoms with Gasteiger partial charge in [0.15, 0.2) is 0 Å². The van der Waals surface area contributed by atoms with Gasteiger partial charge in [0.05, 0.1) is 0 Å². The summed E-state index contributed by atoms with van der Waals surface area (Å²) < 4.78 is 0. The van der Waals surface area contributed by atoms with Crippen LogP contribution in [0.4, 0.5) is 0 Å². The Morgan fingerprint density at radius 3 is 2.60 bits per heavy atom. The highest BCUT2D eigenvalue weighted by Gasteiger charge is 2.44. The van der Waals surface area contributed by atoms with E-state index >= 15 is 0 Å². The molecule has 2 fully saturated rings. The van der Waals surface area contributed by atoms with Gasteiger partial charge in [-0.05, 0) is 38.1 Å². The van der Waals surface area contributed by atoms with Crippen LogP contribution in [0, 0.1) is 17.3 Å². The number of rotatable bonds is 1. The van der Waals surface area contributed by atoms with Crippen LogP contribution in [0.3, 0.4) is 0 Å². The molecule has 3 atom stereocenters. The van der Waals surface area contributed by atoms with Gasteiger partial charge in [-0.25, -0.2) is 0 Å². The van der Waals surface area contributed by atoms with Crippen LogP contribution >= 0.6 is 0 Å². The predicted molar refractivity (Wildman–Crippen MR) is 61.7 cm³/mol. The molecule has 0 spiro atoms. The fraction of sp³-hybridized carbons (Fsp3) is 0.923. The van der Waals surface area contributed by atoms with Crippen LogP contribution in [0.1, 0.15) is 46.5 Å². The Balaban J connectivity index is 2.03. The fourth-order valence-corrected chi connectivity index (χ4v) is 3.11. The highest BCUT2D eigenvalue weighted by molar-refractivity contribution is 5.88. The second kappa shape index (κ2) is 3.89. The first-order valence-corrected chi connectivity index (χ1v) is 6.28. The van der Waals surface area contributed by atoms with E-state index in [2.05, 4.69) is 26.1 Å². The van der Waals surface area contributed by atoms with Crippen molar-refractivity contribution in [2.75, 3.05) is 6.54 Å². The first kappa shape index (κ1) is 11.1. The first-order chi connectivity index (χ1) is 7.00. The third kappa shape index (κ3) is 2.10. The van der Waals surface area contributed by atoms with Gasteiger partial charge in [0.1, 0.15) is 5.78 Å². The zero-order chi connectivity index (χ0) is 11.1. The van der Waals surface area contributed by atoms with Crippen molar-refractivity contribution in [2.45, 2.75) is 52.5 Å². The van der Waals surface area contributed by atoms with Crippen molar-refractivity contribution in [1.82, 2.24) is 5.32 Å². The summed E-state index contributed by atoms with van der Waals surface area (Å²) in [6.07, 6.45) is 4.62. The molecule has 1 aliphatic carbocycles. The topological polar surface area (TPSA) is 29.1 Å². The van der Waals surface area contributed by atoms with E-state index in [0.717, 1.165) is 25.3 Å². The van der Waals surface area contributed by atoms with Crippen molar-refractivity contribution >= 4 is 5.78 Å². The summed E-state index contributed by atoms with van der Waals surface area (Å²) in [4.78, 5) is 12.2. The van der Waals surface area contributed by atoms with E-state index in [4.69, 9.17) is 0 Å². The number of carbonyl (C=O) groups is 1. The zero-order valence-corrected chi connectivity index (χ0v) is 10.2. The Kier molecular flexibility index (Phi) is 2.89. The van der Waals surface area contributed by atoms with E-state index < -0.39 is 0 Å². The standard InChI is InChI=1S/C13H23NO/c1-9-5-7-14-11(8-9)10-4-6-13(2,3)12(10)15/h9-11,14H,4-8H2,1-3H3. The van der Waals surface area contributed by atoms with Crippen molar-refractivity contribution in [3.63, 3.8) is 0 Å². The molecule has 2 nitrogen and oxygen atoms in total. The largest absolute Gasteiger partial charge is 0.313 e. The maximum atomic E-state index is 12.2. The van der Waals surface area contributed by atoms with Crippen molar-refractivity contribution in [2.24, 2.45) is 17.3 Å². The van der Waals surface area contributed by atoms with E-state index in [1.807, 2.05) is 0 Å². The number of hydrogen-bond acceptors (Lipinski definition) is 2. The summed E-state index contributed by atoms with van der Waals surface area (Å²) in [5.41, 5.74) is -0.0625. The Morgan fingerprint density at radius 2 is 2.07 bits per heavy atom. The van der Waals surface area contributed by atoms with Crippen LogP contribution in [0.15, 0.2) is 0 Å². The van der Waals surface area contributed by atoms with E-state index in [9.17, 15) is 4.79 Å². The number of nitrogens with one attached hydrogen (secondary N) is 1. The normalized spacial score (nSPS) is 40.7. The lowest BCUT2D eigenvalue weighted by atomic mass is 9.82. The van der Waals surface area contributed by atoms with E-state index in [1.54, 1.807) is 0 Å². The summed E-state index contributed by atoms with van der Waals surface area (Å²) in [5, 5.41) is 3.54. The van der Waals surface area contributed by atoms with Crippen LogP contribution in [0.2, 0.25) is 0 Å². The van der Waals surface area contributed by atoms with Crippen molar-refractivity contribution in [3.8, 4) is 0 Å². The monoisotopic (exact) mass is 209 g/mol. The molecule has 1 saturated carbocycles. The average Bonchev–Trinajstić information content (AvgIpc) is 2.42. The Hall–Kier alpha value is -0.370. The Bertz CT molecular complexity index is 259. The lowest BCUT2D eigenvalue weighted by Crippen LogP contribution is -2.45. The third-order valence-corrected chi connectivity index (χ3v) is 4.27. The number of ketones is 1. The van der Waals surface area contributed by atoms with Gasteiger partial charge in [0.25, 0.3) is 0 Å². The maximum absolute atomic E-state index is 12.2. The van der Waals surface area contributed by atoms with E-state index in [1.165, 1.54) is 12.8 Å². The van der Waals surface area contributed by atoms with Gasteiger partial charge in [-0.15, -0.1) is 0 Å². The smallest absolute Gasteiger partial charge is 0.143 e. The molecular formula is C13H23NO. The second-order valence-corrected chi connectivity index (χ2v) is 6.08. The minimum atomic E-state index is -0.0625. The van der Waals surface area contributed by atoms with Crippen LogP contribution in [-0.2, 0) is 4.79 Å². The van der Waals surface area contributed by atoms with Gasteiger partial charge in [-0.1, -0.05) is 20.8 Å². The number of piperidine rings is 1. The third-order valence-electron chi connectivity index (χ3n) is 4.27. The predicted octanol–water partition coefficient (Wildman–Crippen LogP) is 2.38. The molecule has 0 bridgehead atoms. The minimum Gasteiger partial charge on any atom is -0.313 e. The van der Waals surface area contributed by atoms with Crippen LogP contribution < -0.4 is 5.32 Å². The summed E-state index contributed by atoms with van der Waals surface area (Å²) in [6.45, 7) is 7.59. The van der Waals surface area contributed by atoms with Gasteiger partial charge in [-0.3, -0.25) is 4.79 Å². The Morgan fingerprint density at radius 1 is 1.33 bits per heavy atom. The van der Waals surface area contributed by atoms with Gasteiger partial charge in [-0.2, -0.15) is 0 Å². The summed E-state index contributed by atoms with van der Waals surface area (Å²) in [6, 6.07) is 0.461. The van der Waals surface area contributed by atoms with Gasteiger partial charge < -0.3 is 5.32 Å². The van der Waals surface area contributed by atoms with Gasteiger partial charge in [0, 0.05) is 17.4 Å². The molecule has 0 aromatic carbocycles. The lowest BCUT2D eigenvalue weighted by Gasteiger charge is -2.32. The summed E-state index contributed by atoms with van der Waals surface area (Å²) in [7, 11) is 0. The lowest BCUT2D eigenvalue weighted by molar-refractivity contribution is -0.128. The maximum Gasteiger partial charge on any atom is 0.143 e. The fourth-order valence-electron chi connectivity index (χ4n) is 3.11. The molecule has 15 heavy (non-hydrogen) atoms. The molecular weight excluding hydrogens is 186 g/mol. The molecule has 86 valence electrons. The quantitative estimate of drug-likeness (QED) is 0.718. The summed E-state index contributed by atoms with van der Waals surface area (Å²) >= 11 is 0. The summed E-state index contributed by atoms with van der Waals surface area (Å²) in [5.74, 6) is 1.57. The van der Waals surface area contributed by atoms with E-state index in [0.29, 0.717) is 17.7 Å². The highest BCUT2D eigenvalue weighted by Crippen LogP contribution is 2.40. The second-order valence-electron chi connectivity index (χ2n) is 6.08. The molecule has 3 unspecified atom stereocenters. The number of carbonyl (C=O) groups excluding carboxylic acids is 1. The highest BCUT2D eigenvalue weighted by atomic mass is 16.1. The minimum absolute atomic E-state index is 0.0625. The zero-order valence-electron chi connectivity index (χ0n) is 10.2. The van der Waals surface area contributed by atoms with Crippen LogP contribution in [-0.4, -0.2) is 18.4 Å². The van der Waals surface area contributed by atoms with Crippen molar-refractivity contribution < 1.29 is 4.79 Å². The van der Waals surface area contributed by atoms with E-state index in [-0.39, 0.29) is 5.41 Å². The molecule has 0 aromatic heterocycles. The SMILES string of the molecule is CC1CCNC(C2CCC(C)(C)C2=O)C1. The molecule has 1 heterocycles. The molecule has 0 amide bonds. The van der Waals surface area contributed by atoms with Crippen LogP contribution in [0.25, 0.3) is 0 Å². The molecule has 2 aliphatic rings. The Labute approximate surface area is 92.8 Å². The molecule has 1 aliphatic heterocycles. The first-order valence-electron chi connectivity index (χ1n) is 6.28. The molecule has 1 N–H and O–H groups in total. The molecule has 2 heteroatoms. The van der Waals surface area contributed by atoms with Crippen LogP contribution in [0.5, 0.6) is 0 Å². The van der Waals surface area contributed by atoms with Gasteiger partial charge in [0.2, 0.25) is 0 Å². The molecule has 2 rings (SSSR count).